The minimum Gasteiger partial charge on any atom is -0.479 e. The highest BCUT2D eigenvalue weighted by molar-refractivity contribution is 7.89. The molecule has 0 spiro atoms. The van der Waals surface area contributed by atoms with Crippen LogP contribution in [0.5, 0.6) is 5.75 Å². The number of nitrogens with one attached hydrogen (secondary N) is 1. The summed E-state index contributed by atoms with van der Waals surface area (Å²) in [5, 5.41) is 3.27. The minimum absolute atomic E-state index is 0.211. The molecule has 1 heterocycles. The van der Waals surface area contributed by atoms with Crippen molar-refractivity contribution in [2.24, 2.45) is 0 Å². The van der Waals surface area contributed by atoms with Crippen molar-refractivity contribution in [2.45, 2.75) is 30.8 Å². The van der Waals surface area contributed by atoms with Gasteiger partial charge in [-0.15, -0.1) is 0 Å². The molecule has 0 aromatic heterocycles. The van der Waals surface area contributed by atoms with Crippen molar-refractivity contribution in [3.63, 3.8) is 0 Å². The van der Waals surface area contributed by atoms with Crippen LogP contribution in [0, 0.1) is 0 Å². The number of sulfonamides is 1. The number of halogens is 2. The Morgan fingerprint density at radius 1 is 1.11 bits per heavy atom. The van der Waals surface area contributed by atoms with E-state index in [1.807, 2.05) is 0 Å². The summed E-state index contributed by atoms with van der Waals surface area (Å²) in [5.41, 5.74) is 0.470. The molecule has 9 heteroatoms. The van der Waals surface area contributed by atoms with Crippen LogP contribution in [0.3, 0.4) is 0 Å². The first kappa shape index (κ1) is 20.9. The van der Waals surface area contributed by atoms with E-state index in [1.165, 1.54) is 16.4 Å². The van der Waals surface area contributed by atoms with Gasteiger partial charge in [-0.2, -0.15) is 4.31 Å². The largest absolute Gasteiger partial charge is 0.479 e. The molecule has 0 radical (unpaired) electrons. The zero-order chi connectivity index (χ0) is 20.3. The van der Waals surface area contributed by atoms with Crippen LogP contribution in [0.25, 0.3) is 0 Å². The van der Waals surface area contributed by atoms with Gasteiger partial charge >= 0.3 is 0 Å². The predicted octanol–water partition coefficient (Wildman–Crippen LogP) is 4.18. The highest BCUT2D eigenvalue weighted by Gasteiger charge is 2.27. The number of ether oxygens (including phenoxy) is 1. The molecular weight excluding hydrogens is 423 g/mol. The van der Waals surface area contributed by atoms with Crippen molar-refractivity contribution < 1.29 is 17.9 Å². The maximum absolute atomic E-state index is 12.5. The van der Waals surface area contributed by atoms with E-state index in [2.05, 4.69) is 5.32 Å². The second-order valence-corrected chi connectivity index (χ2v) is 9.16. The highest BCUT2D eigenvalue weighted by atomic mass is 35.5. The quantitative estimate of drug-likeness (QED) is 0.727. The first-order chi connectivity index (χ1) is 13.3. The Bertz CT molecular complexity index is 958. The molecule has 0 saturated carbocycles. The predicted molar refractivity (Wildman–Crippen MR) is 110 cm³/mol. The molecule has 1 aliphatic heterocycles. The van der Waals surface area contributed by atoms with Crippen molar-refractivity contribution >= 4 is 44.8 Å². The lowest BCUT2D eigenvalue weighted by Gasteiger charge is -2.17. The van der Waals surface area contributed by atoms with E-state index in [-0.39, 0.29) is 9.92 Å². The SMILES string of the molecule is CC(Oc1cccc(Cl)c1Cl)C(=O)Nc1ccc(S(=O)(=O)N2CCCC2)cc1. The van der Waals surface area contributed by atoms with Crippen LogP contribution in [-0.4, -0.2) is 37.8 Å². The normalized spacial score (nSPS) is 16.0. The van der Waals surface area contributed by atoms with Gasteiger partial charge in [0.15, 0.2) is 6.10 Å². The molecule has 1 unspecified atom stereocenters. The summed E-state index contributed by atoms with van der Waals surface area (Å²) in [7, 11) is -3.48. The van der Waals surface area contributed by atoms with Gasteiger partial charge in [0.25, 0.3) is 5.91 Å². The van der Waals surface area contributed by atoms with Gasteiger partial charge in [0.1, 0.15) is 10.8 Å². The molecule has 0 bridgehead atoms. The van der Waals surface area contributed by atoms with Crippen molar-refractivity contribution in [3.05, 3.63) is 52.5 Å². The maximum atomic E-state index is 12.5. The summed E-state index contributed by atoms with van der Waals surface area (Å²) in [4.78, 5) is 12.6. The van der Waals surface area contributed by atoms with Gasteiger partial charge in [-0.25, -0.2) is 8.42 Å². The lowest BCUT2D eigenvalue weighted by Crippen LogP contribution is -2.30. The average molecular weight is 443 g/mol. The molecule has 6 nitrogen and oxygen atoms in total. The van der Waals surface area contributed by atoms with Gasteiger partial charge in [-0.3, -0.25) is 4.79 Å². The zero-order valence-electron chi connectivity index (χ0n) is 15.2. The lowest BCUT2D eigenvalue weighted by molar-refractivity contribution is -0.122. The molecule has 3 rings (SSSR count). The lowest BCUT2D eigenvalue weighted by atomic mass is 10.3. The van der Waals surface area contributed by atoms with E-state index in [9.17, 15) is 13.2 Å². The molecule has 1 aliphatic rings. The molecule has 1 fully saturated rings. The Labute approximate surface area is 174 Å². The van der Waals surface area contributed by atoms with E-state index < -0.39 is 22.0 Å². The van der Waals surface area contributed by atoms with Crippen LogP contribution in [0.2, 0.25) is 10.0 Å². The van der Waals surface area contributed by atoms with Gasteiger partial charge in [0, 0.05) is 18.8 Å². The smallest absolute Gasteiger partial charge is 0.265 e. The molecule has 1 atom stereocenters. The fraction of sp³-hybridized carbons (Fsp3) is 0.316. The number of rotatable bonds is 6. The Hall–Kier alpha value is -1.80. The Kier molecular flexibility index (Phi) is 6.50. The second-order valence-electron chi connectivity index (χ2n) is 6.44. The summed E-state index contributed by atoms with van der Waals surface area (Å²) in [5.74, 6) is -0.0879. The Morgan fingerprint density at radius 2 is 1.75 bits per heavy atom. The minimum atomic E-state index is -3.48. The number of nitrogens with zero attached hydrogens (tertiary/aromatic N) is 1. The number of amides is 1. The first-order valence-electron chi connectivity index (χ1n) is 8.81. The van der Waals surface area contributed by atoms with E-state index in [0.29, 0.717) is 29.5 Å². The molecule has 1 amide bonds. The van der Waals surface area contributed by atoms with Gasteiger partial charge in [-0.1, -0.05) is 29.3 Å². The number of hydrogen-bond acceptors (Lipinski definition) is 4. The van der Waals surface area contributed by atoms with Gasteiger partial charge < -0.3 is 10.1 Å². The van der Waals surface area contributed by atoms with Crippen LogP contribution >= 0.6 is 23.2 Å². The van der Waals surface area contributed by atoms with Gasteiger partial charge in [0.2, 0.25) is 10.0 Å². The summed E-state index contributed by atoms with van der Waals surface area (Å²) in [6.07, 6.45) is 0.924. The standard InChI is InChI=1S/C19H20Cl2N2O4S/c1-13(27-17-6-4-5-16(20)18(17)21)19(24)22-14-7-9-15(10-8-14)28(25,26)23-11-2-3-12-23/h4-10,13H,2-3,11-12H2,1H3,(H,22,24). The summed E-state index contributed by atoms with van der Waals surface area (Å²) in [6.45, 7) is 2.67. The van der Waals surface area contributed by atoms with Crippen LogP contribution in [0.15, 0.2) is 47.4 Å². The number of carbonyl (C=O) groups excluding carboxylic acids is 1. The van der Waals surface area contributed by atoms with E-state index >= 15 is 0 Å². The third-order valence-corrected chi connectivity index (χ3v) is 7.13. The topological polar surface area (TPSA) is 75.7 Å². The third-order valence-electron chi connectivity index (χ3n) is 4.41. The third kappa shape index (κ3) is 4.60. The van der Waals surface area contributed by atoms with E-state index in [1.54, 1.807) is 37.3 Å². The van der Waals surface area contributed by atoms with Crippen molar-refractivity contribution in [1.29, 1.82) is 0 Å². The average Bonchev–Trinajstić information content (AvgIpc) is 3.21. The fourth-order valence-electron chi connectivity index (χ4n) is 2.85. The summed E-state index contributed by atoms with van der Waals surface area (Å²) >= 11 is 12.0. The van der Waals surface area contributed by atoms with Crippen molar-refractivity contribution in [3.8, 4) is 5.75 Å². The van der Waals surface area contributed by atoms with Gasteiger partial charge in [0.05, 0.1) is 9.92 Å². The fourth-order valence-corrected chi connectivity index (χ4v) is 4.70. The van der Waals surface area contributed by atoms with Crippen LogP contribution in [0.1, 0.15) is 19.8 Å². The van der Waals surface area contributed by atoms with E-state index in [4.69, 9.17) is 27.9 Å². The van der Waals surface area contributed by atoms with Crippen molar-refractivity contribution in [2.75, 3.05) is 18.4 Å². The molecule has 0 aliphatic carbocycles. The van der Waals surface area contributed by atoms with E-state index in [0.717, 1.165) is 12.8 Å². The number of benzene rings is 2. The maximum Gasteiger partial charge on any atom is 0.265 e. The number of hydrogen-bond donors (Lipinski definition) is 1. The first-order valence-corrected chi connectivity index (χ1v) is 11.0. The summed E-state index contributed by atoms with van der Waals surface area (Å²) < 4.78 is 32.1. The molecule has 28 heavy (non-hydrogen) atoms. The molecule has 2 aromatic carbocycles. The Morgan fingerprint density at radius 3 is 2.39 bits per heavy atom. The summed E-state index contributed by atoms with van der Waals surface area (Å²) in [6, 6.07) is 11.0. The second kappa shape index (κ2) is 8.69. The van der Waals surface area contributed by atoms with Crippen LogP contribution in [0.4, 0.5) is 5.69 Å². The monoisotopic (exact) mass is 442 g/mol. The van der Waals surface area contributed by atoms with Crippen molar-refractivity contribution in [1.82, 2.24) is 4.31 Å². The molecule has 1 saturated heterocycles. The zero-order valence-corrected chi connectivity index (χ0v) is 17.5. The molecule has 2 aromatic rings. The number of carbonyl (C=O) groups is 1. The van der Waals surface area contributed by atoms with Crippen LogP contribution in [-0.2, 0) is 14.8 Å². The molecule has 1 N–H and O–H groups in total. The van der Waals surface area contributed by atoms with Gasteiger partial charge in [-0.05, 0) is 56.2 Å². The number of anilines is 1. The Balaban J connectivity index is 1.64. The molecular formula is C19H20Cl2N2O4S. The molecule has 150 valence electrons. The highest BCUT2D eigenvalue weighted by Crippen LogP contribution is 2.32. The van der Waals surface area contributed by atoms with Crippen LogP contribution < -0.4 is 10.1 Å².